The number of carbonyl (C=O) groups excluding carboxylic acids is 1. The fourth-order valence-electron chi connectivity index (χ4n) is 1.88. The number of nitriles is 1. The molecule has 0 saturated carbocycles. The van der Waals surface area contributed by atoms with Crippen LogP contribution in [0.4, 0.5) is 5.82 Å². The van der Waals surface area contributed by atoms with Gasteiger partial charge in [0, 0.05) is 15.1 Å². The molecule has 0 bridgehead atoms. The predicted molar refractivity (Wildman–Crippen MR) is 82.9 cm³/mol. The van der Waals surface area contributed by atoms with Crippen LogP contribution in [0.5, 0.6) is 0 Å². The van der Waals surface area contributed by atoms with Crippen molar-refractivity contribution >= 4 is 56.3 Å². The Balaban J connectivity index is 2.16. The van der Waals surface area contributed by atoms with Gasteiger partial charge in [0.25, 0.3) is 5.91 Å². The fraction of sp³-hybridized carbons (Fsp3) is 0. The quantitative estimate of drug-likeness (QED) is 0.736. The lowest BCUT2D eigenvalue weighted by atomic mass is 10.2. The number of halogens is 2. The van der Waals surface area contributed by atoms with Gasteiger partial charge in [-0.2, -0.15) is 15.0 Å². The SMILES string of the molecule is N#Cc1cnn(C(=O)c2sc3cc(Cl)ccc3c2Cl)c1N. The van der Waals surface area contributed by atoms with Gasteiger partial charge in [0.05, 0.1) is 11.2 Å². The number of carbonyl (C=O) groups is 1. The molecule has 0 fully saturated rings. The third-order valence-electron chi connectivity index (χ3n) is 2.91. The summed E-state index contributed by atoms with van der Waals surface area (Å²) in [6, 6.07) is 7.05. The Bertz CT molecular complexity index is 922. The lowest BCUT2D eigenvalue weighted by molar-refractivity contribution is 0.0952. The van der Waals surface area contributed by atoms with Crippen LogP contribution in [-0.2, 0) is 0 Å². The van der Waals surface area contributed by atoms with Crippen LogP contribution < -0.4 is 5.73 Å². The number of fused-ring (bicyclic) bond motifs is 1. The first-order valence-corrected chi connectivity index (χ1v) is 7.26. The van der Waals surface area contributed by atoms with Gasteiger partial charge in [0.15, 0.2) is 0 Å². The molecule has 0 saturated heterocycles. The van der Waals surface area contributed by atoms with E-state index in [1.54, 1.807) is 18.2 Å². The Morgan fingerprint density at radius 2 is 2.19 bits per heavy atom. The highest BCUT2D eigenvalue weighted by atomic mass is 35.5. The van der Waals surface area contributed by atoms with Crippen LogP contribution in [-0.4, -0.2) is 15.7 Å². The molecule has 0 aliphatic rings. The van der Waals surface area contributed by atoms with Crippen molar-refractivity contribution in [2.24, 2.45) is 0 Å². The topological polar surface area (TPSA) is 84.7 Å². The van der Waals surface area contributed by atoms with Gasteiger partial charge in [0.2, 0.25) is 0 Å². The van der Waals surface area contributed by atoms with Crippen molar-refractivity contribution in [2.45, 2.75) is 0 Å². The number of thiophene rings is 1. The molecule has 8 heteroatoms. The van der Waals surface area contributed by atoms with Crippen molar-refractivity contribution in [3.63, 3.8) is 0 Å². The summed E-state index contributed by atoms with van der Waals surface area (Å²) in [5.74, 6) is -0.481. The predicted octanol–water partition coefficient (Wildman–Crippen LogP) is 3.55. The summed E-state index contributed by atoms with van der Waals surface area (Å²) in [7, 11) is 0. The first kappa shape index (κ1) is 13.9. The number of hydrogen-bond donors (Lipinski definition) is 1. The molecule has 0 aliphatic carbocycles. The zero-order chi connectivity index (χ0) is 15.1. The van der Waals surface area contributed by atoms with E-state index in [9.17, 15) is 4.79 Å². The molecular formula is C13H6Cl2N4OS. The Hall–Kier alpha value is -2.07. The maximum atomic E-state index is 12.5. The minimum Gasteiger partial charge on any atom is -0.382 e. The summed E-state index contributed by atoms with van der Waals surface area (Å²) in [5.41, 5.74) is 5.86. The third kappa shape index (κ3) is 2.16. The highest BCUT2D eigenvalue weighted by Crippen LogP contribution is 2.37. The van der Waals surface area contributed by atoms with Crippen LogP contribution >= 0.6 is 34.5 Å². The number of anilines is 1. The Labute approximate surface area is 133 Å². The summed E-state index contributed by atoms with van der Waals surface area (Å²) in [4.78, 5) is 12.8. The molecule has 2 aromatic heterocycles. The number of benzene rings is 1. The van der Waals surface area contributed by atoms with Crippen molar-refractivity contribution in [3.8, 4) is 6.07 Å². The highest BCUT2D eigenvalue weighted by molar-refractivity contribution is 7.21. The van der Waals surface area contributed by atoms with Gasteiger partial charge >= 0.3 is 0 Å². The summed E-state index contributed by atoms with van der Waals surface area (Å²) in [6.45, 7) is 0. The number of hydrogen-bond acceptors (Lipinski definition) is 5. The Morgan fingerprint density at radius 1 is 1.43 bits per heavy atom. The van der Waals surface area contributed by atoms with Crippen LogP contribution in [0.15, 0.2) is 24.4 Å². The van der Waals surface area contributed by atoms with E-state index in [0.29, 0.717) is 14.9 Å². The van der Waals surface area contributed by atoms with E-state index in [1.807, 2.05) is 6.07 Å². The smallest absolute Gasteiger partial charge is 0.291 e. The second kappa shape index (κ2) is 5.04. The van der Waals surface area contributed by atoms with Gasteiger partial charge in [-0.05, 0) is 12.1 Å². The summed E-state index contributed by atoms with van der Waals surface area (Å²) in [5, 5.41) is 14.3. The summed E-state index contributed by atoms with van der Waals surface area (Å²) in [6.07, 6.45) is 1.24. The fourth-order valence-corrected chi connectivity index (χ4v) is 3.59. The van der Waals surface area contributed by atoms with E-state index in [0.717, 1.165) is 14.8 Å². The van der Waals surface area contributed by atoms with Crippen LogP contribution in [0, 0.1) is 11.3 Å². The van der Waals surface area contributed by atoms with E-state index >= 15 is 0 Å². The molecule has 1 aromatic carbocycles. The number of nitrogen functional groups attached to an aromatic ring is 1. The van der Waals surface area contributed by atoms with Gasteiger partial charge in [-0.3, -0.25) is 4.79 Å². The molecule has 0 radical (unpaired) electrons. The third-order valence-corrected chi connectivity index (χ3v) is 4.79. The molecule has 21 heavy (non-hydrogen) atoms. The summed E-state index contributed by atoms with van der Waals surface area (Å²) >= 11 is 13.4. The first-order chi connectivity index (χ1) is 10.0. The van der Waals surface area contributed by atoms with Gasteiger partial charge in [-0.25, -0.2) is 0 Å². The number of nitrogens with zero attached hydrogens (tertiary/aromatic N) is 3. The molecule has 0 aliphatic heterocycles. The molecule has 0 unspecified atom stereocenters. The average molecular weight is 337 g/mol. The van der Waals surface area contributed by atoms with E-state index < -0.39 is 5.91 Å². The Kier molecular flexibility index (Phi) is 3.33. The van der Waals surface area contributed by atoms with Crippen LogP contribution in [0.3, 0.4) is 0 Å². The maximum Gasteiger partial charge on any atom is 0.291 e. The first-order valence-electron chi connectivity index (χ1n) is 5.68. The van der Waals surface area contributed by atoms with E-state index in [2.05, 4.69) is 5.10 Å². The highest BCUT2D eigenvalue weighted by Gasteiger charge is 2.22. The lowest BCUT2D eigenvalue weighted by Crippen LogP contribution is -2.15. The van der Waals surface area contributed by atoms with Crippen LogP contribution in [0.25, 0.3) is 10.1 Å². The van der Waals surface area contributed by atoms with E-state index in [4.69, 9.17) is 34.2 Å². The number of aromatic nitrogens is 2. The second-order valence-electron chi connectivity index (χ2n) is 4.16. The zero-order valence-electron chi connectivity index (χ0n) is 10.3. The number of rotatable bonds is 1. The minimum absolute atomic E-state index is 0.00550. The van der Waals surface area contributed by atoms with Crippen molar-refractivity contribution < 1.29 is 4.79 Å². The van der Waals surface area contributed by atoms with Crippen molar-refractivity contribution in [1.29, 1.82) is 5.26 Å². The van der Waals surface area contributed by atoms with E-state index in [1.165, 1.54) is 17.5 Å². The molecule has 3 rings (SSSR count). The molecule has 3 aromatic rings. The lowest BCUT2D eigenvalue weighted by Gasteiger charge is -2.00. The molecule has 104 valence electrons. The molecule has 2 N–H and O–H groups in total. The Morgan fingerprint density at radius 3 is 2.86 bits per heavy atom. The van der Waals surface area contributed by atoms with Gasteiger partial charge in [-0.1, -0.05) is 29.3 Å². The van der Waals surface area contributed by atoms with E-state index in [-0.39, 0.29) is 11.4 Å². The molecule has 0 spiro atoms. The largest absolute Gasteiger partial charge is 0.382 e. The van der Waals surface area contributed by atoms with Gasteiger partial charge in [-0.15, -0.1) is 11.3 Å². The van der Waals surface area contributed by atoms with Crippen molar-refractivity contribution in [3.05, 3.63) is 44.9 Å². The van der Waals surface area contributed by atoms with Crippen molar-refractivity contribution in [2.75, 3.05) is 5.73 Å². The molecule has 0 amide bonds. The van der Waals surface area contributed by atoms with Crippen molar-refractivity contribution in [1.82, 2.24) is 9.78 Å². The molecule has 0 atom stereocenters. The standard InChI is InChI=1S/C13H6Cl2N4OS/c14-7-1-2-8-9(3-7)21-11(10(8)15)13(20)19-12(17)6(4-16)5-18-19/h1-3,5H,17H2. The molecule has 5 nitrogen and oxygen atoms in total. The number of nitrogens with two attached hydrogens (primary N) is 1. The monoisotopic (exact) mass is 336 g/mol. The maximum absolute atomic E-state index is 12.5. The van der Waals surface area contributed by atoms with Gasteiger partial charge in [0.1, 0.15) is 22.3 Å². The molecule has 2 heterocycles. The normalized spacial score (nSPS) is 10.7. The minimum atomic E-state index is -0.476. The second-order valence-corrected chi connectivity index (χ2v) is 6.02. The van der Waals surface area contributed by atoms with Crippen LogP contribution in [0.1, 0.15) is 15.2 Å². The van der Waals surface area contributed by atoms with Gasteiger partial charge < -0.3 is 5.73 Å². The zero-order valence-corrected chi connectivity index (χ0v) is 12.6. The van der Waals surface area contributed by atoms with Crippen LogP contribution in [0.2, 0.25) is 10.0 Å². The summed E-state index contributed by atoms with van der Waals surface area (Å²) < 4.78 is 1.76. The molecular weight excluding hydrogens is 331 g/mol. The average Bonchev–Trinajstić information content (AvgIpc) is 2.99.